The molecule has 0 spiro atoms. The third-order valence-electron chi connectivity index (χ3n) is 5.40. The zero-order chi connectivity index (χ0) is 20.9. The van der Waals surface area contributed by atoms with Gasteiger partial charge in [-0.3, -0.25) is 15.1 Å². The fourth-order valence-electron chi connectivity index (χ4n) is 3.54. The van der Waals surface area contributed by atoms with Crippen LogP contribution in [0, 0.1) is 0 Å². The van der Waals surface area contributed by atoms with Crippen molar-refractivity contribution in [3.05, 3.63) is 0 Å². The number of unbranched alkanes of at least 4 members (excludes halogenated alkanes) is 15. The van der Waals surface area contributed by atoms with Crippen molar-refractivity contribution < 1.29 is 9.59 Å². The van der Waals surface area contributed by atoms with E-state index < -0.39 is 6.03 Å². The monoisotopic (exact) mass is 397 g/mol. The summed E-state index contributed by atoms with van der Waals surface area (Å²) in [4.78, 5) is 25.6. The van der Waals surface area contributed by atoms with Gasteiger partial charge in [0.25, 0.3) is 0 Å². The van der Waals surface area contributed by atoms with Gasteiger partial charge in [0, 0.05) is 13.0 Å². The molecule has 5 heteroatoms. The van der Waals surface area contributed by atoms with Crippen LogP contribution in [0.4, 0.5) is 4.79 Å². The Morgan fingerprint density at radius 2 is 1.04 bits per heavy atom. The molecule has 3 N–H and O–H groups in total. The molecule has 0 aliphatic heterocycles. The summed E-state index contributed by atoms with van der Waals surface area (Å²) in [5.41, 5.74) is 2.12. The number of carbonyl (C=O) groups is 2. The lowest BCUT2D eigenvalue weighted by Gasteiger charge is -2.20. The van der Waals surface area contributed by atoms with Crippen molar-refractivity contribution in [1.82, 2.24) is 10.3 Å². The highest BCUT2D eigenvalue weighted by atomic mass is 16.2. The van der Waals surface area contributed by atoms with Gasteiger partial charge < -0.3 is 0 Å². The van der Waals surface area contributed by atoms with Crippen LogP contribution in [0.1, 0.15) is 129 Å². The molecule has 5 nitrogen and oxygen atoms in total. The number of nitrogens with two attached hydrogens (primary N) is 1. The molecule has 0 unspecified atom stereocenters. The van der Waals surface area contributed by atoms with Crippen LogP contribution >= 0.6 is 0 Å². The molecule has 0 fully saturated rings. The summed E-state index contributed by atoms with van der Waals surface area (Å²) < 4.78 is 0. The number of rotatable bonds is 19. The zero-order valence-electron chi connectivity index (χ0n) is 18.8. The van der Waals surface area contributed by atoms with Crippen LogP contribution < -0.4 is 11.3 Å². The first-order chi connectivity index (χ1) is 13.7. The Labute approximate surface area is 174 Å². The SMILES string of the molecule is CCCCCCCCCCCCN(C(=O)CCCCCCCCC)C(=O)NN. The second-order valence-electron chi connectivity index (χ2n) is 8.05. The van der Waals surface area contributed by atoms with Gasteiger partial charge in [0.15, 0.2) is 0 Å². The van der Waals surface area contributed by atoms with E-state index in [4.69, 9.17) is 5.84 Å². The van der Waals surface area contributed by atoms with E-state index in [1.807, 2.05) is 0 Å². The number of hydrazine groups is 1. The summed E-state index contributed by atoms with van der Waals surface area (Å²) in [6.07, 6.45) is 21.0. The first-order valence-electron chi connectivity index (χ1n) is 12.0. The summed E-state index contributed by atoms with van der Waals surface area (Å²) in [5.74, 6) is 5.17. The normalized spacial score (nSPS) is 10.8. The molecule has 166 valence electrons. The molecule has 28 heavy (non-hydrogen) atoms. The Balaban J connectivity index is 3.83. The number of nitrogens with one attached hydrogen (secondary N) is 1. The highest BCUT2D eigenvalue weighted by Crippen LogP contribution is 2.12. The maximum Gasteiger partial charge on any atom is 0.338 e. The number of urea groups is 1. The van der Waals surface area contributed by atoms with Crippen molar-refractivity contribution >= 4 is 11.9 Å². The first kappa shape index (κ1) is 26.9. The van der Waals surface area contributed by atoms with Crippen molar-refractivity contribution in [1.29, 1.82) is 0 Å². The van der Waals surface area contributed by atoms with E-state index in [1.54, 1.807) is 0 Å². The predicted molar refractivity (Wildman–Crippen MR) is 119 cm³/mol. The molecule has 0 aliphatic carbocycles. The van der Waals surface area contributed by atoms with Gasteiger partial charge >= 0.3 is 6.03 Å². The van der Waals surface area contributed by atoms with E-state index in [-0.39, 0.29) is 5.91 Å². The summed E-state index contributed by atoms with van der Waals surface area (Å²) in [6.45, 7) is 4.94. The Morgan fingerprint density at radius 3 is 1.46 bits per heavy atom. The van der Waals surface area contributed by atoms with Crippen LogP contribution in [0.25, 0.3) is 0 Å². The van der Waals surface area contributed by atoms with Gasteiger partial charge in [-0.1, -0.05) is 110 Å². The molecule has 0 aromatic heterocycles. The summed E-state index contributed by atoms with van der Waals surface area (Å²) in [7, 11) is 0. The van der Waals surface area contributed by atoms with Gasteiger partial charge in [0.05, 0.1) is 0 Å². The number of hydrogen-bond acceptors (Lipinski definition) is 3. The lowest BCUT2D eigenvalue weighted by Crippen LogP contribution is -2.46. The van der Waals surface area contributed by atoms with E-state index in [0.717, 1.165) is 25.7 Å². The highest BCUT2D eigenvalue weighted by Gasteiger charge is 2.19. The summed E-state index contributed by atoms with van der Waals surface area (Å²) in [6, 6.07) is -0.469. The zero-order valence-corrected chi connectivity index (χ0v) is 18.8. The van der Waals surface area contributed by atoms with E-state index in [9.17, 15) is 9.59 Å². The van der Waals surface area contributed by atoms with Gasteiger partial charge in [-0.2, -0.15) is 0 Å². The van der Waals surface area contributed by atoms with Crippen molar-refractivity contribution in [2.45, 2.75) is 129 Å². The van der Waals surface area contributed by atoms with Gasteiger partial charge in [0.1, 0.15) is 0 Å². The minimum absolute atomic E-state index is 0.0903. The number of hydrogen-bond donors (Lipinski definition) is 2. The maximum atomic E-state index is 12.4. The van der Waals surface area contributed by atoms with Crippen LogP contribution in [0.5, 0.6) is 0 Å². The molecule has 0 bridgehead atoms. The molecule has 0 rings (SSSR count). The van der Waals surface area contributed by atoms with Crippen molar-refractivity contribution in [2.75, 3.05) is 6.54 Å². The van der Waals surface area contributed by atoms with Crippen LogP contribution in [0.2, 0.25) is 0 Å². The largest absolute Gasteiger partial charge is 0.338 e. The van der Waals surface area contributed by atoms with Crippen LogP contribution in [0.15, 0.2) is 0 Å². The van der Waals surface area contributed by atoms with Gasteiger partial charge in [-0.25, -0.2) is 10.6 Å². The summed E-state index contributed by atoms with van der Waals surface area (Å²) >= 11 is 0. The van der Waals surface area contributed by atoms with Crippen molar-refractivity contribution in [2.24, 2.45) is 5.84 Å². The number of amides is 3. The molecule has 0 atom stereocenters. The number of nitrogens with zero attached hydrogens (tertiary/aromatic N) is 1. The van der Waals surface area contributed by atoms with Crippen LogP contribution in [-0.4, -0.2) is 23.4 Å². The second-order valence-corrected chi connectivity index (χ2v) is 8.05. The fraction of sp³-hybridized carbons (Fsp3) is 0.913. The molecular weight excluding hydrogens is 350 g/mol. The molecule has 0 saturated carbocycles. The third kappa shape index (κ3) is 15.9. The number of carbonyl (C=O) groups excluding carboxylic acids is 2. The molecule has 3 amide bonds. The Hall–Kier alpha value is -1.10. The lowest BCUT2D eigenvalue weighted by molar-refractivity contribution is -0.128. The van der Waals surface area contributed by atoms with Crippen LogP contribution in [0.3, 0.4) is 0 Å². The number of imide groups is 1. The van der Waals surface area contributed by atoms with Crippen molar-refractivity contribution in [3.63, 3.8) is 0 Å². The van der Waals surface area contributed by atoms with E-state index >= 15 is 0 Å². The first-order valence-corrected chi connectivity index (χ1v) is 12.0. The minimum Gasteiger partial charge on any atom is -0.275 e. The molecular formula is C23H47N3O2. The van der Waals surface area contributed by atoms with Crippen LogP contribution in [-0.2, 0) is 4.79 Å². The molecule has 0 radical (unpaired) electrons. The fourth-order valence-corrected chi connectivity index (χ4v) is 3.54. The minimum atomic E-state index is -0.469. The standard InChI is InChI=1S/C23H47N3O2/c1-3-5-7-9-11-12-13-15-17-19-21-26(23(28)25-24)22(27)20-18-16-14-10-8-6-4-2/h3-21,24H2,1-2H3,(H,25,28). The lowest BCUT2D eigenvalue weighted by atomic mass is 10.1. The average Bonchev–Trinajstić information content (AvgIpc) is 2.70. The van der Waals surface area contributed by atoms with Gasteiger partial charge in [-0.05, 0) is 12.8 Å². The van der Waals surface area contributed by atoms with Crippen molar-refractivity contribution in [3.8, 4) is 0 Å². The summed E-state index contributed by atoms with van der Waals surface area (Å²) in [5, 5.41) is 0. The molecule has 0 aliphatic rings. The molecule has 0 heterocycles. The smallest absolute Gasteiger partial charge is 0.275 e. The highest BCUT2D eigenvalue weighted by molar-refractivity contribution is 5.94. The van der Waals surface area contributed by atoms with E-state index in [1.165, 1.54) is 88.4 Å². The van der Waals surface area contributed by atoms with E-state index in [2.05, 4.69) is 19.3 Å². The second kappa shape index (κ2) is 20.6. The molecule has 0 aromatic carbocycles. The molecule has 0 saturated heterocycles. The van der Waals surface area contributed by atoms with Gasteiger partial charge in [0.2, 0.25) is 5.91 Å². The third-order valence-corrected chi connectivity index (χ3v) is 5.40. The maximum absolute atomic E-state index is 12.4. The Morgan fingerprint density at radius 1 is 0.643 bits per heavy atom. The van der Waals surface area contributed by atoms with Gasteiger partial charge in [-0.15, -0.1) is 0 Å². The topological polar surface area (TPSA) is 75.4 Å². The average molecular weight is 398 g/mol. The quantitative estimate of drug-likeness (QED) is 0.114. The molecule has 0 aromatic rings. The Kier molecular flexibility index (Phi) is 19.8. The Bertz CT molecular complexity index is 375. The predicted octanol–water partition coefficient (Wildman–Crippen LogP) is 6.46. The van der Waals surface area contributed by atoms with E-state index in [0.29, 0.717) is 13.0 Å².